The summed E-state index contributed by atoms with van der Waals surface area (Å²) in [4.78, 5) is 11.9. The van der Waals surface area contributed by atoms with Gasteiger partial charge in [-0.3, -0.25) is 4.79 Å². The summed E-state index contributed by atoms with van der Waals surface area (Å²) in [6, 6.07) is 4.55. The summed E-state index contributed by atoms with van der Waals surface area (Å²) in [5, 5.41) is 3.95. The van der Waals surface area contributed by atoms with Gasteiger partial charge in [0.05, 0.1) is 10.6 Å². The largest absolute Gasteiger partial charge is 0.382 e. The fraction of sp³-hybridized carbons (Fsp3) is 0.231. The number of Topliss-reactive ketones (excluding diaryl/α,β-unsaturated/α-hetero) is 1. The Morgan fingerprint density at radius 3 is 2.79 bits per heavy atom. The van der Waals surface area contributed by atoms with Crippen molar-refractivity contribution in [1.82, 2.24) is 9.78 Å². The summed E-state index contributed by atoms with van der Waals surface area (Å²) in [5.74, 6) is -0.858. The highest BCUT2D eigenvalue weighted by Crippen LogP contribution is 2.23. The molecule has 0 bridgehead atoms. The highest BCUT2D eigenvalue weighted by atomic mass is 35.5. The van der Waals surface area contributed by atoms with Gasteiger partial charge in [-0.2, -0.15) is 0 Å². The molecule has 0 atom stereocenters. The van der Waals surface area contributed by atoms with Crippen molar-refractivity contribution in [1.29, 1.82) is 0 Å². The van der Waals surface area contributed by atoms with Gasteiger partial charge in [0.1, 0.15) is 5.69 Å². The van der Waals surface area contributed by atoms with E-state index in [0.29, 0.717) is 0 Å². The van der Waals surface area contributed by atoms with Crippen molar-refractivity contribution < 1.29 is 9.18 Å². The normalized spacial score (nSPS) is 11.0. The Labute approximate surface area is 115 Å². The van der Waals surface area contributed by atoms with Crippen LogP contribution < -0.4 is 5.73 Å². The number of ketones is 1. The van der Waals surface area contributed by atoms with Crippen molar-refractivity contribution in [3.63, 3.8) is 0 Å². The number of anilines is 1. The molecule has 0 amide bonds. The first-order valence-electron chi connectivity index (χ1n) is 5.75. The van der Waals surface area contributed by atoms with Gasteiger partial charge in [-0.05, 0) is 12.1 Å². The summed E-state index contributed by atoms with van der Waals surface area (Å²) in [7, 11) is 0. The van der Waals surface area contributed by atoms with E-state index in [-0.39, 0.29) is 33.8 Å². The van der Waals surface area contributed by atoms with E-state index >= 15 is 0 Å². The van der Waals surface area contributed by atoms with E-state index in [0.717, 1.165) is 0 Å². The highest BCUT2D eigenvalue weighted by molar-refractivity contribution is 6.30. The van der Waals surface area contributed by atoms with Crippen molar-refractivity contribution in [3.8, 4) is 5.69 Å². The number of carbonyl (C=O) groups is 1. The second-order valence-corrected chi connectivity index (χ2v) is 4.87. The summed E-state index contributed by atoms with van der Waals surface area (Å²) >= 11 is 5.71. The lowest BCUT2D eigenvalue weighted by atomic mass is 10.0. The number of nitrogens with zero attached hydrogens (tertiary/aromatic N) is 2. The van der Waals surface area contributed by atoms with Crippen LogP contribution in [0.1, 0.15) is 24.2 Å². The van der Waals surface area contributed by atoms with Gasteiger partial charge in [0, 0.05) is 12.1 Å². The first-order valence-corrected chi connectivity index (χ1v) is 6.13. The van der Waals surface area contributed by atoms with Crippen LogP contribution in [0.3, 0.4) is 0 Å². The van der Waals surface area contributed by atoms with E-state index in [9.17, 15) is 9.18 Å². The molecule has 0 saturated heterocycles. The zero-order chi connectivity index (χ0) is 14.2. The van der Waals surface area contributed by atoms with Crippen LogP contribution in [0.4, 0.5) is 10.2 Å². The first-order chi connectivity index (χ1) is 8.91. The molecule has 1 aromatic heterocycles. The molecule has 0 unspecified atom stereocenters. The second-order valence-electron chi connectivity index (χ2n) is 4.46. The maximum Gasteiger partial charge on any atom is 0.170 e. The fourth-order valence-corrected chi connectivity index (χ4v) is 1.85. The van der Waals surface area contributed by atoms with E-state index in [2.05, 4.69) is 5.10 Å². The van der Waals surface area contributed by atoms with Gasteiger partial charge in [-0.25, -0.2) is 9.07 Å². The zero-order valence-electron chi connectivity index (χ0n) is 10.5. The number of aromatic nitrogens is 2. The van der Waals surface area contributed by atoms with Crippen molar-refractivity contribution in [2.75, 3.05) is 5.73 Å². The predicted molar refractivity (Wildman–Crippen MR) is 72.1 cm³/mol. The van der Waals surface area contributed by atoms with Crippen LogP contribution >= 0.6 is 11.6 Å². The maximum atomic E-state index is 13.9. The quantitative estimate of drug-likeness (QED) is 0.880. The number of nitrogens with two attached hydrogens (primary N) is 1. The number of carbonyl (C=O) groups excluding carboxylic acids is 1. The molecule has 4 nitrogen and oxygen atoms in total. The monoisotopic (exact) mass is 281 g/mol. The minimum Gasteiger partial charge on any atom is -0.382 e. The predicted octanol–water partition coefficient (Wildman–Crippen LogP) is 3.09. The van der Waals surface area contributed by atoms with E-state index < -0.39 is 5.82 Å². The standard InChI is InChI=1S/C13H13ClFN3O/c1-7(2)12(19)8-6-18(17-13(8)16)10-5-3-4-9(14)11(10)15/h3-7H,1-2H3,(H2,16,17). The molecule has 6 heteroatoms. The van der Waals surface area contributed by atoms with Crippen LogP contribution in [0.25, 0.3) is 5.69 Å². The van der Waals surface area contributed by atoms with Crippen LogP contribution in [0, 0.1) is 11.7 Å². The Morgan fingerprint density at radius 2 is 2.16 bits per heavy atom. The molecule has 0 aliphatic heterocycles. The van der Waals surface area contributed by atoms with Crippen LogP contribution in [0.2, 0.25) is 5.02 Å². The van der Waals surface area contributed by atoms with E-state index in [1.54, 1.807) is 19.9 Å². The molecule has 19 heavy (non-hydrogen) atoms. The van der Waals surface area contributed by atoms with Gasteiger partial charge in [0.25, 0.3) is 0 Å². The average molecular weight is 282 g/mol. The molecule has 0 saturated carbocycles. The minimum atomic E-state index is -0.602. The first kappa shape index (κ1) is 13.5. The third-order valence-corrected chi connectivity index (χ3v) is 3.00. The molecule has 0 aliphatic rings. The van der Waals surface area contributed by atoms with Crippen molar-refractivity contribution in [2.45, 2.75) is 13.8 Å². The van der Waals surface area contributed by atoms with E-state index in [1.165, 1.54) is 23.0 Å². The lowest BCUT2D eigenvalue weighted by molar-refractivity contribution is 0.0940. The molecule has 2 aromatic rings. The smallest absolute Gasteiger partial charge is 0.170 e. The molecule has 2 rings (SSSR count). The zero-order valence-corrected chi connectivity index (χ0v) is 11.3. The molecule has 100 valence electrons. The summed E-state index contributed by atoms with van der Waals surface area (Å²) in [5.41, 5.74) is 6.14. The number of benzene rings is 1. The Hall–Kier alpha value is -1.88. The average Bonchev–Trinajstić information content (AvgIpc) is 2.73. The third kappa shape index (κ3) is 2.46. The minimum absolute atomic E-state index is 0.0108. The maximum absolute atomic E-state index is 13.9. The Morgan fingerprint density at radius 1 is 1.47 bits per heavy atom. The molecule has 1 heterocycles. The SMILES string of the molecule is CC(C)C(=O)c1cn(-c2cccc(Cl)c2F)nc1N. The van der Waals surface area contributed by atoms with Crippen LogP contribution in [-0.4, -0.2) is 15.6 Å². The van der Waals surface area contributed by atoms with Crippen molar-refractivity contribution in [3.05, 3.63) is 40.8 Å². The topological polar surface area (TPSA) is 60.9 Å². The molecule has 0 spiro atoms. The molecule has 2 N–H and O–H groups in total. The number of nitrogen functional groups attached to an aromatic ring is 1. The van der Waals surface area contributed by atoms with Crippen LogP contribution in [0.15, 0.2) is 24.4 Å². The van der Waals surface area contributed by atoms with Crippen molar-refractivity contribution >= 4 is 23.2 Å². The van der Waals surface area contributed by atoms with Gasteiger partial charge in [0.2, 0.25) is 0 Å². The van der Waals surface area contributed by atoms with Gasteiger partial charge in [0.15, 0.2) is 17.4 Å². The lowest BCUT2D eigenvalue weighted by Gasteiger charge is -2.03. The van der Waals surface area contributed by atoms with Crippen LogP contribution in [-0.2, 0) is 0 Å². The number of hydrogen-bond acceptors (Lipinski definition) is 3. The number of halogens is 2. The van der Waals surface area contributed by atoms with Crippen LogP contribution in [0.5, 0.6) is 0 Å². The van der Waals surface area contributed by atoms with Gasteiger partial charge >= 0.3 is 0 Å². The van der Waals surface area contributed by atoms with Gasteiger partial charge < -0.3 is 5.73 Å². The van der Waals surface area contributed by atoms with Gasteiger partial charge in [-0.1, -0.05) is 31.5 Å². The molecular weight excluding hydrogens is 269 g/mol. The lowest BCUT2D eigenvalue weighted by Crippen LogP contribution is -2.08. The summed E-state index contributed by atoms with van der Waals surface area (Å²) in [6.07, 6.45) is 1.42. The van der Waals surface area contributed by atoms with E-state index in [1.807, 2.05) is 0 Å². The number of rotatable bonds is 3. The second kappa shape index (κ2) is 5.01. The Kier molecular flexibility index (Phi) is 3.57. The molecular formula is C13H13ClFN3O. The summed E-state index contributed by atoms with van der Waals surface area (Å²) in [6.45, 7) is 3.53. The van der Waals surface area contributed by atoms with E-state index in [4.69, 9.17) is 17.3 Å². The highest BCUT2D eigenvalue weighted by Gasteiger charge is 2.19. The fourth-order valence-electron chi connectivity index (χ4n) is 1.68. The molecule has 0 radical (unpaired) electrons. The Balaban J connectivity index is 2.51. The third-order valence-electron chi connectivity index (χ3n) is 2.71. The molecule has 0 aliphatic carbocycles. The van der Waals surface area contributed by atoms with Crippen molar-refractivity contribution in [2.24, 2.45) is 5.92 Å². The molecule has 1 aromatic carbocycles. The van der Waals surface area contributed by atoms with Gasteiger partial charge in [-0.15, -0.1) is 5.10 Å². The Bertz CT molecular complexity index is 637. The summed E-state index contributed by atoms with van der Waals surface area (Å²) < 4.78 is 15.1. The molecule has 0 fully saturated rings. The number of hydrogen-bond donors (Lipinski definition) is 1.